The van der Waals surface area contributed by atoms with Crippen LogP contribution in [0.1, 0.15) is 16.7 Å². The van der Waals surface area contributed by atoms with E-state index in [1.807, 2.05) is 32.0 Å². The molecule has 0 aliphatic rings. The number of rotatable bonds is 8. The number of amides is 1. The number of carbonyl (C=O) groups is 1. The van der Waals surface area contributed by atoms with Gasteiger partial charge in [0.15, 0.2) is 18.1 Å². The highest BCUT2D eigenvalue weighted by molar-refractivity contribution is 5.77. The fraction of sp³-hybridized carbons (Fsp3) is 0.316. The molecule has 2 aromatic carbocycles. The Morgan fingerprint density at radius 3 is 2.42 bits per heavy atom. The molecule has 0 unspecified atom stereocenters. The maximum atomic E-state index is 12.3. The fourth-order valence-electron chi connectivity index (χ4n) is 2.43. The summed E-state index contributed by atoms with van der Waals surface area (Å²) in [6, 6.07) is 10.2. The minimum Gasteiger partial charge on any atom is -0.493 e. The third-order valence-electron chi connectivity index (χ3n) is 3.69. The predicted molar refractivity (Wildman–Crippen MR) is 92.9 cm³/mol. The van der Waals surface area contributed by atoms with Gasteiger partial charge in [-0.1, -0.05) is 24.3 Å². The largest absolute Gasteiger partial charge is 0.493 e. The number of hydrogen-bond acceptors (Lipinski definition) is 4. The smallest absolute Gasteiger partial charge is 0.387 e. The lowest BCUT2D eigenvalue weighted by Crippen LogP contribution is -2.28. The van der Waals surface area contributed by atoms with Crippen molar-refractivity contribution in [3.63, 3.8) is 0 Å². The highest BCUT2D eigenvalue weighted by Crippen LogP contribution is 2.29. The molecule has 0 aromatic heterocycles. The lowest BCUT2D eigenvalue weighted by Gasteiger charge is -2.13. The number of methoxy groups -OCH3 is 1. The van der Waals surface area contributed by atoms with Crippen LogP contribution in [0.25, 0.3) is 0 Å². The van der Waals surface area contributed by atoms with Gasteiger partial charge in [-0.25, -0.2) is 0 Å². The molecule has 0 fully saturated rings. The number of hydrogen-bond donors (Lipinski definition) is 1. The molecule has 0 aliphatic carbocycles. The van der Waals surface area contributed by atoms with E-state index >= 15 is 0 Å². The monoisotopic (exact) mass is 365 g/mol. The zero-order valence-electron chi connectivity index (χ0n) is 14.8. The molecule has 1 N–H and O–H groups in total. The van der Waals surface area contributed by atoms with Crippen molar-refractivity contribution in [2.45, 2.75) is 27.0 Å². The van der Waals surface area contributed by atoms with Gasteiger partial charge in [-0.15, -0.1) is 0 Å². The number of ether oxygens (including phenoxy) is 3. The Hall–Kier alpha value is -2.83. The molecular formula is C19H21F2NO4. The summed E-state index contributed by atoms with van der Waals surface area (Å²) >= 11 is 0. The molecule has 0 spiro atoms. The maximum absolute atomic E-state index is 12.3. The first-order chi connectivity index (χ1) is 12.4. The van der Waals surface area contributed by atoms with E-state index in [1.54, 1.807) is 6.07 Å². The minimum atomic E-state index is -2.93. The van der Waals surface area contributed by atoms with Crippen LogP contribution in [0.4, 0.5) is 8.78 Å². The number of benzene rings is 2. The first kappa shape index (κ1) is 19.5. The molecule has 7 heteroatoms. The summed E-state index contributed by atoms with van der Waals surface area (Å²) in [4.78, 5) is 12.0. The molecule has 2 aromatic rings. The molecule has 0 radical (unpaired) electrons. The van der Waals surface area contributed by atoms with Crippen LogP contribution < -0.4 is 19.5 Å². The van der Waals surface area contributed by atoms with Crippen molar-refractivity contribution in [3.05, 3.63) is 53.1 Å². The number of aryl methyl sites for hydroxylation is 2. The van der Waals surface area contributed by atoms with Crippen molar-refractivity contribution in [1.82, 2.24) is 5.32 Å². The number of para-hydroxylation sites is 1. The highest BCUT2D eigenvalue weighted by Gasteiger charge is 2.12. The summed E-state index contributed by atoms with van der Waals surface area (Å²) in [5, 5.41) is 2.71. The first-order valence-electron chi connectivity index (χ1n) is 7.98. The van der Waals surface area contributed by atoms with Gasteiger partial charge in [0.25, 0.3) is 5.91 Å². The number of halogens is 2. The standard InChI is InChI=1S/C19H21F2NO4/c1-12-5-4-6-13(2)18(12)25-11-17(23)22-10-14-7-8-15(26-19(20)21)16(9-14)24-3/h4-9,19H,10-11H2,1-3H3,(H,22,23). The molecule has 140 valence electrons. The Morgan fingerprint density at radius 1 is 1.12 bits per heavy atom. The quantitative estimate of drug-likeness (QED) is 0.776. The number of alkyl halides is 2. The van der Waals surface area contributed by atoms with Crippen LogP contribution in [0.5, 0.6) is 17.2 Å². The molecular weight excluding hydrogens is 344 g/mol. The summed E-state index contributed by atoms with van der Waals surface area (Å²) < 4.78 is 39.6. The van der Waals surface area contributed by atoms with Crippen molar-refractivity contribution < 1.29 is 27.8 Å². The second-order valence-electron chi connectivity index (χ2n) is 5.65. The Morgan fingerprint density at radius 2 is 1.81 bits per heavy atom. The van der Waals surface area contributed by atoms with Crippen molar-refractivity contribution >= 4 is 5.91 Å². The van der Waals surface area contributed by atoms with Crippen molar-refractivity contribution in [3.8, 4) is 17.2 Å². The number of nitrogens with one attached hydrogen (secondary N) is 1. The molecule has 5 nitrogen and oxygen atoms in total. The van der Waals surface area contributed by atoms with Gasteiger partial charge < -0.3 is 19.5 Å². The summed E-state index contributed by atoms with van der Waals surface area (Å²) in [6.45, 7) is 0.984. The minimum absolute atomic E-state index is 0.0593. The van der Waals surface area contributed by atoms with E-state index in [-0.39, 0.29) is 30.6 Å². The van der Waals surface area contributed by atoms with Gasteiger partial charge in [-0.3, -0.25) is 4.79 Å². The van der Waals surface area contributed by atoms with Gasteiger partial charge in [0.1, 0.15) is 5.75 Å². The van der Waals surface area contributed by atoms with E-state index < -0.39 is 6.61 Å². The normalized spacial score (nSPS) is 10.5. The Bertz CT molecular complexity index is 745. The van der Waals surface area contributed by atoms with Gasteiger partial charge in [-0.2, -0.15) is 8.78 Å². The van der Waals surface area contributed by atoms with Crippen molar-refractivity contribution in [2.75, 3.05) is 13.7 Å². The molecule has 0 heterocycles. The lowest BCUT2D eigenvalue weighted by molar-refractivity contribution is -0.123. The number of carbonyl (C=O) groups excluding carboxylic acids is 1. The van der Waals surface area contributed by atoms with Crippen LogP contribution in [-0.4, -0.2) is 26.2 Å². The van der Waals surface area contributed by atoms with Crippen LogP contribution in [0.2, 0.25) is 0 Å². The Labute approximate surface area is 150 Å². The highest BCUT2D eigenvalue weighted by atomic mass is 19.3. The third kappa shape index (κ3) is 5.34. The van der Waals surface area contributed by atoms with E-state index in [1.165, 1.54) is 19.2 Å². The third-order valence-corrected chi connectivity index (χ3v) is 3.69. The maximum Gasteiger partial charge on any atom is 0.387 e. The van der Waals surface area contributed by atoms with Crippen LogP contribution in [0, 0.1) is 13.8 Å². The molecule has 0 aliphatic heterocycles. The molecule has 0 saturated carbocycles. The van der Waals surface area contributed by atoms with Crippen LogP contribution in [0.3, 0.4) is 0 Å². The molecule has 26 heavy (non-hydrogen) atoms. The summed E-state index contributed by atoms with van der Waals surface area (Å²) in [5.41, 5.74) is 2.60. The second-order valence-corrected chi connectivity index (χ2v) is 5.65. The fourth-order valence-corrected chi connectivity index (χ4v) is 2.43. The van der Waals surface area contributed by atoms with E-state index in [2.05, 4.69) is 10.1 Å². The summed E-state index contributed by atoms with van der Waals surface area (Å²) in [5.74, 6) is 0.511. The average Bonchev–Trinajstić information content (AvgIpc) is 2.60. The van der Waals surface area contributed by atoms with E-state index in [9.17, 15) is 13.6 Å². The molecule has 0 atom stereocenters. The van der Waals surface area contributed by atoms with E-state index in [0.29, 0.717) is 11.3 Å². The molecule has 2 rings (SSSR count). The molecule has 1 amide bonds. The summed E-state index contributed by atoms with van der Waals surface area (Å²) in [7, 11) is 1.36. The SMILES string of the molecule is COc1cc(CNC(=O)COc2c(C)cccc2C)ccc1OC(F)F. The van der Waals surface area contributed by atoms with Gasteiger partial charge >= 0.3 is 6.61 Å². The van der Waals surface area contributed by atoms with Gasteiger partial charge in [0, 0.05) is 6.54 Å². The van der Waals surface area contributed by atoms with Crippen molar-refractivity contribution in [1.29, 1.82) is 0 Å². The van der Waals surface area contributed by atoms with Gasteiger partial charge in [0.2, 0.25) is 0 Å². The topological polar surface area (TPSA) is 56.8 Å². The second kappa shape index (κ2) is 9.03. The average molecular weight is 365 g/mol. The first-order valence-corrected chi connectivity index (χ1v) is 7.98. The summed E-state index contributed by atoms with van der Waals surface area (Å²) in [6.07, 6.45) is 0. The molecule has 0 bridgehead atoms. The molecule has 0 saturated heterocycles. The van der Waals surface area contributed by atoms with Gasteiger partial charge in [-0.05, 0) is 42.7 Å². The predicted octanol–water partition coefficient (Wildman–Crippen LogP) is 3.61. The van der Waals surface area contributed by atoms with E-state index in [4.69, 9.17) is 9.47 Å². The lowest BCUT2D eigenvalue weighted by atomic mass is 10.1. The Balaban J connectivity index is 1.91. The van der Waals surface area contributed by atoms with Crippen LogP contribution in [-0.2, 0) is 11.3 Å². The van der Waals surface area contributed by atoms with Crippen molar-refractivity contribution in [2.24, 2.45) is 0 Å². The van der Waals surface area contributed by atoms with Crippen LogP contribution >= 0.6 is 0 Å². The zero-order chi connectivity index (χ0) is 19.1. The van der Waals surface area contributed by atoms with Gasteiger partial charge in [0.05, 0.1) is 7.11 Å². The van der Waals surface area contributed by atoms with E-state index in [0.717, 1.165) is 11.1 Å². The van der Waals surface area contributed by atoms with Crippen LogP contribution in [0.15, 0.2) is 36.4 Å². The Kier molecular flexibility index (Phi) is 6.77. The zero-order valence-corrected chi connectivity index (χ0v) is 14.8.